The average Bonchev–Trinajstić information content (AvgIpc) is 3.31. The van der Waals surface area contributed by atoms with E-state index < -0.39 is 29.5 Å². The van der Waals surface area contributed by atoms with Crippen molar-refractivity contribution in [3.05, 3.63) is 64.4 Å². The molecule has 140 valence electrons. The molecule has 1 atom stereocenters. The zero-order chi connectivity index (χ0) is 19.6. The van der Waals surface area contributed by atoms with Gasteiger partial charge in [0.15, 0.2) is 22.4 Å². The van der Waals surface area contributed by atoms with E-state index in [1.54, 1.807) is 19.1 Å². The molecule has 3 aromatic rings. The highest BCUT2D eigenvalue weighted by Crippen LogP contribution is 2.28. The predicted octanol–water partition coefficient (Wildman–Crippen LogP) is 3.21. The molecule has 0 aliphatic rings. The number of thiazole rings is 1. The van der Waals surface area contributed by atoms with Gasteiger partial charge in [-0.05, 0) is 36.8 Å². The summed E-state index contributed by atoms with van der Waals surface area (Å²) in [5.41, 5.74) is 0.239. The second-order valence-electron chi connectivity index (χ2n) is 5.60. The number of furan rings is 1. The fourth-order valence-electron chi connectivity index (χ4n) is 2.45. The van der Waals surface area contributed by atoms with Crippen molar-refractivity contribution in [2.75, 3.05) is 7.05 Å². The highest BCUT2D eigenvalue weighted by atomic mass is 32.1. The third-order valence-corrected chi connectivity index (χ3v) is 4.79. The van der Waals surface area contributed by atoms with E-state index >= 15 is 0 Å². The van der Waals surface area contributed by atoms with Gasteiger partial charge in [0, 0.05) is 11.9 Å². The van der Waals surface area contributed by atoms with Crippen molar-refractivity contribution >= 4 is 23.2 Å². The van der Waals surface area contributed by atoms with Crippen molar-refractivity contribution in [3.63, 3.8) is 0 Å². The Morgan fingerprint density at radius 2 is 2.00 bits per heavy atom. The van der Waals surface area contributed by atoms with Gasteiger partial charge in [-0.3, -0.25) is 9.59 Å². The minimum Gasteiger partial charge on any atom is -0.462 e. The van der Waals surface area contributed by atoms with Crippen molar-refractivity contribution in [2.45, 2.75) is 13.0 Å². The Labute approximate surface area is 157 Å². The number of benzene rings is 1. The van der Waals surface area contributed by atoms with Crippen LogP contribution in [0.5, 0.6) is 0 Å². The fraction of sp³-hybridized carbons (Fsp3) is 0.167. The monoisotopic (exact) mass is 391 g/mol. The van der Waals surface area contributed by atoms with Crippen molar-refractivity contribution in [2.24, 2.45) is 0 Å². The first-order valence-corrected chi connectivity index (χ1v) is 8.71. The molecule has 2 N–H and O–H groups in total. The van der Waals surface area contributed by atoms with Gasteiger partial charge >= 0.3 is 0 Å². The van der Waals surface area contributed by atoms with E-state index in [0.717, 1.165) is 12.1 Å². The van der Waals surface area contributed by atoms with Gasteiger partial charge in [0.25, 0.3) is 5.91 Å². The van der Waals surface area contributed by atoms with Crippen LogP contribution in [0.3, 0.4) is 0 Å². The van der Waals surface area contributed by atoms with E-state index in [4.69, 9.17) is 4.42 Å². The van der Waals surface area contributed by atoms with Gasteiger partial charge in [-0.15, -0.1) is 11.3 Å². The standard InChI is InChI=1S/C18H15F2N3O3S/c1-9-14(23-18(27-9)13-4-3-7-26-13)17(25)22-15(16(24)21-2)10-5-6-11(19)12(20)8-10/h3-8,15H,1-2H3,(H,21,24)(H,22,25). The summed E-state index contributed by atoms with van der Waals surface area (Å²) in [7, 11) is 1.38. The van der Waals surface area contributed by atoms with E-state index in [2.05, 4.69) is 15.6 Å². The molecule has 2 amide bonds. The smallest absolute Gasteiger partial charge is 0.271 e. The number of nitrogens with zero attached hydrogens (tertiary/aromatic N) is 1. The lowest BCUT2D eigenvalue weighted by Gasteiger charge is -2.17. The van der Waals surface area contributed by atoms with Gasteiger partial charge < -0.3 is 15.1 Å². The minimum atomic E-state index is -1.20. The summed E-state index contributed by atoms with van der Waals surface area (Å²) in [6, 6.07) is 5.23. The van der Waals surface area contributed by atoms with Crippen LogP contribution >= 0.6 is 11.3 Å². The fourth-order valence-corrected chi connectivity index (χ4v) is 3.33. The Morgan fingerprint density at radius 3 is 2.63 bits per heavy atom. The minimum absolute atomic E-state index is 0.112. The van der Waals surface area contributed by atoms with Gasteiger partial charge in [0.1, 0.15) is 11.7 Å². The zero-order valence-electron chi connectivity index (χ0n) is 14.4. The Bertz CT molecular complexity index is 986. The van der Waals surface area contributed by atoms with Crippen LogP contribution in [0.15, 0.2) is 41.0 Å². The molecule has 3 rings (SSSR count). The molecule has 0 fully saturated rings. The van der Waals surface area contributed by atoms with E-state index in [0.29, 0.717) is 15.6 Å². The zero-order valence-corrected chi connectivity index (χ0v) is 15.2. The normalized spacial score (nSPS) is 11.9. The molecule has 0 aliphatic carbocycles. The number of likely N-dealkylation sites (N-methyl/N-ethyl adjacent to an activating group) is 1. The second kappa shape index (κ2) is 7.67. The summed E-state index contributed by atoms with van der Waals surface area (Å²) in [5.74, 6) is -2.82. The van der Waals surface area contributed by atoms with Gasteiger partial charge in [0.2, 0.25) is 5.91 Å². The summed E-state index contributed by atoms with van der Waals surface area (Å²) in [4.78, 5) is 29.7. The summed E-state index contributed by atoms with van der Waals surface area (Å²) >= 11 is 1.27. The largest absolute Gasteiger partial charge is 0.462 e. The number of hydrogen-bond acceptors (Lipinski definition) is 5. The van der Waals surface area contributed by atoms with Crippen LogP contribution in [-0.4, -0.2) is 23.8 Å². The molecular weight excluding hydrogens is 376 g/mol. The van der Waals surface area contributed by atoms with E-state index in [-0.39, 0.29) is 11.3 Å². The SMILES string of the molecule is CNC(=O)C(NC(=O)c1nc(-c2ccco2)sc1C)c1ccc(F)c(F)c1. The van der Waals surface area contributed by atoms with Crippen molar-refractivity contribution < 1.29 is 22.8 Å². The van der Waals surface area contributed by atoms with Crippen LogP contribution in [0.1, 0.15) is 27.0 Å². The number of carbonyl (C=O) groups is 2. The number of rotatable bonds is 5. The Balaban J connectivity index is 1.89. The predicted molar refractivity (Wildman–Crippen MR) is 95.2 cm³/mol. The summed E-state index contributed by atoms with van der Waals surface area (Å²) in [6.45, 7) is 1.71. The first-order valence-electron chi connectivity index (χ1n) is 7.89. The maximum Gasteiger partial charge on any atom is 0.271 e. The van der Waals surface area contributed by atoms with Crippen LogP contribution in [-0.2, 0) is 4.79 Å². The quantitative estimate of drug-likeness (QED) is 0.700. The van der Waals surface area contributed by atoms with E-state index in [9.17, 15) is 18.4 Å². The Morgan fingerprint density at radius 1 is 1.22 bits per heavy atom. The number of carbonyl (C=O) groups excluding carboxylic acids is 2. The first kappa shape index (κ1) is 18.7. The van der Waals surface area contributed by atoms with E-state index in [1.807, 2.05) is 0 Å². The lowest BCUT2D eigenvalue weighted by Crippen LogP contribution is -2.39. The third-order valence-electron chi connectivity index (χ3n) is 3.80. The van der Waals surface area contributed by atoms with Crippen LogP contribution in [0.25, 0.3) is 10.8 Å². The topological polar surface area (TPSA) is 84.2 Å². The highest BCUT2D eigenvalue weighted by molar-refractivity contribution is 7.15. The average molecular weight is 391 g/mol. The van der Waals surface area contributed by atoms with E-state index in [1.165, 1.54) is 30.7 Å². The van der Waals surface area contributed by atoms with Crippen LogP contribution in [0.2, 0.25) is 0 Å². The molecule has 6 nitrogen and oxygen atoms in total. The molecule has 0 bridgehead atoms. The first-order chi connectivity index (χ1) is 12.9. The molecule has 0 aliphatic heterocycles. The van der Waals surface area contributed by atoms with Crippen molar-refractivity contribution in [1.82, 2.24) is 15.6 Å². The number of hydrogen-bond donors (Lipinski definition) is 2. The Hall–Kier alpha value is -3.07. The summed E-state index contributed by atoms with van der Waals surface area (Å²) < 4.78 is 32.0. The number of aryl methyl sites for hydroxylation is 1. The molecular formula is C18H15F2N3O3S. The maximum absolute atomic E-state index is 13.6. The molecule has 0 spiro atoms. The lowest BCUT2D eigenvalue weighted by molar-refractivity contribution is -0.122. The molecule has 27 heavy (non-hydrogen) atoms. The van der Waals surface area contributed by atoms with Crippen molar-refractivity contribution in [3.8, 4) is 10.8 Å². The molecule has 1 unspecified atom stereocenters. The van der Waals surface area contributed by atoms with Gasteiger partial charge in [-0.2, -0.15) is 0 Å². The Kier molecular flexibility index (Phi) is 5.31. The number of amides is 2. The number of aromatic nitrogens is 1. The second-order valence-corrected chi connectivity index (χ2v) is 6.80. The third kappa shape index (κ3) is 3.87. The molecule has 2 heterocycles. The molecule has 0 radical (unpaired) electrons. The molecule has 1 aromatic carbocycles. The summed E-state index contributed by atoms with van der Waals surface area (Å²) in [6.07, 6.45) is 1.50. The number of nitrogens with one attached hydrogen (secondary N) is 2. The number of halogens is 2. The molecule has 0 saturated heterocycles. The molecule has 2 aromatic heterocycles. The van der Waals surface area contributed by atoms with Crippen LogP contribution < -0.4 is 10.6 Å². The highest BCUT2D eigenvalue weighted by Gasteiger charge is 2.26. The summed E-state index contributed by atoms with van der Waals surface area (Å²) in [5, 5.41) is 5.43. The van der Waals surface area contributed by atoms with Gasteiger partial charge in [0.05, 0.1) is 6.26 Å². The molecule has 0 saturated carbocycles. The van der Waals surface area contributed by atoms with Gasteiger partial charge in [-0.25, -0.2) is 13.8 Å². The van der Waals surface area contributed by atoms with Crippen LogP contribution in [0, 0.1) is 18.6 Å². The van der Waals surface area contributed by atoms with Gasteiger partial charge in [-0.1, -0.05) is 6.07 Å². The maximum atomic E-state index is 13.6. The van der Waals surface area contributed by atoms with Crippen molar-refractivity contribution in [1.29, 1.82) is 0 Å². The molecule has 9 heteroatoms. The lowest BCUT2D eigenvalue weighted by atomic mass is 10.1. The van der Waals surface area contributed by atoms with Crippen LogP contribution in [0.4, 0.5) is 8.78 Å².